The molecule has 10 aromatic carbocycles. The molecule has 11 aromatic rings. The summed E-state index contributed by atoms with van der Waals surface area (Å²) in [7, 11) is 0. The van der Waals surface area contributed by atoms with E-state index in [1.165, 1.54) is 64.0 Å². The Balaban J connectivity index is 1.17. The first-order valence-electron chi connectivity index (χ1n) is 20.1. The summed E-state index contributed by atoms with van der Waals surface area (Å²) in [6, 6.07) is 83.5. The maximum Gasteiger partial charge on any atom is 0.0554 e. The van der Waals surface area contributed by atoms with Crippen molar-refractivity contribution in [2.45, 2.75) is 0 Å². The molecule has 0 radical (unpaired) electrons. The summed E-state index contributed by atoms with van der Waals surface area (Å²) in [5, 5.41) is 7.47. The van der Waals surface area contributed by atoms with E-state index in [4.69, 9.17) is 0 Å². The Morgan fingerprint density at radius 2 is 0.661 bits per heavy atom. The summed E-state index contributed by atoms with van der Waals surface area (Å²) in [6.07, 6.45) is 0. The van der Waals surface area contributed by atoms with Crippen molar-refractivity contribution in [2.75, 3.05) is 9.80 Å². The van der Waals surface area contributed by atoms with E-state index in [2.05, 4.69) is 240 Å². The molecule has 0 aliphatic rings. The molecule has 0 amide bonds. The molecule has 0 spiro atoms. The average molecular weight is 771 g/mol. The van der Waals surface area contributed by atoms with Gasteiger partial charge in [0.2, 0.25) is 0 Å². The molecule has 0 fully saturated rings. The zero-order valence-electron chi connectivity index (χ0n) is 32.2. The van der Waals surface area contributed by atoms with Crippen LogP contribution in [0.3, 0.4) is 0 Å². The van der Waals surface area contributed by atoms with Crippen LogP contribution < -0.4 is 9.80 Å². The molecule has 0 unspecified atom stereocenters. The molecule has 278 valence electrons. The van der Waals surface area contributed by atoms with Crippen LogP contribution in [0.5, 0.6) is 0 Å². The van der Waals surface area contributed by atoms with Crippen LogP contribution in [-0.4, -0.2) is 0 Å². The van der Waals surface area contributed by atoms with Crippen LogP contribution >= 0.6 is 11.3 Å². The second kappa shape index (κ2) is 14.8. The topological polar surface area (TPSA) is 6.48 Å². The van der Waals surface area contributed by atoms with Crippen molar-refractivity contribution >= 4 is 87.2 Å². The summed E-state index contributed by atoms with van der Waals surface area (Å²) in [6.45, 7) is 0. The third-order valence-corrected chi connectivity index (χ3v) is 12.6. The number of hydrogen-bond acceptors (Lipinski definition) is 3. The van der Waals surface area contributed by atoms with Crippen LogP contribution in [0.25, 0.3) is 64.0 Å². The number of rotatable bonds is 8. The normalized spacial score (nSPS) is 11.4. The van der Waals surface area contributed by atoms with Gasteiger partial charge in [0.25, 0.3) is 0 Å². The van der Waals surface area contributed by atoms with E-state index in [0.29, 0.717) is 0 Å². The van der Waals surface area contributed by atoms with E-state index >= 15 is 0 Å². The second-order valence-corrected chi connectivity index (χ2v) is 16.0. The molecule has 0 saturated heterocycles. The number of benzene rings is 10. The van der Waals surface area contributed by atoms with E-state index in [9.17, 15) is 0 Å². The number of hydrogen-bond donors (Lipinski definition) is 0. The molecule has 1 aromatic heterocycles. The SMILES string of the molecule is c1ccc(-c2cccc(N(c3ccccc3)c3cc4c(sc5cc(N(c6ccccc6)c6cccc(-c7ccccc7)c6)c6ccccc6c54)c4ccccc34)c2)cc1. The summed E-state index contributed by atoms with van der Waals surface area (Å²) in [5.74, 6) is 0. The molecular formula is C56H38N2S. The van der Waals surface area contributed by atoms with Crippen molar-refractivity contribution in [3.63, 3.8) is 0 Å². The number of anilines is 6. The predicted molar refractivity (Wildman–Crippen MR) is 255 cm³/mol. The van der Waals surface area contributed by atoms with Crippen LogP contribution in [0.2, 0.25) is 0 Å². The van der Waals surface area contributed by atoms with Crippen LogP contribution in [0.15, 0.2) is 231 Å². The molecule has 1 heterocycles. The summed E-state index contributed by atoms with van der Waals surface area (Å²) in [4.78, 5) is 4.87. The lowest BCUT2D eigenvalue weighted by Gasteiger charge is -2.28. The van der Waals surface area contributed by atoms with Gasteiger partial charge >= 0.3 is 0 Å². The van der Waals surface area contributed by atoms with E-state index in [-0.39, 0.29) is 0 Å². The molecule has 0 saturated carbocycles. The van der Waals surface area contributed by atoms with Crippen LogP contribution in [-0.2, 0) is 0 Å². The fraction of sp³-hybridized carbons (Fsp3) is 0. The highest BCUT2D eigenvalue weighted by molar-refractivity contribution is 7.27. The molecule has 59 heavy (non-hydrogen) atoms. The molecular weight excluding hydrogens is 733 g/mol. The Morgan fingerprint density at radius 3 is 1.19 bits per heavy atom. The van der Waals surface area contributed by atoms with E-state index in [1.807, 2.05) is 11.3 Å². The van der Waals surface area contributed by atoms with Crippen LogP contribution in [0.1, 0.15) is 0 Å². The first kappa shape index (κ1) is 34.8. The zero-order valence-corrected chi connectivity index (χ0v) is 33.1. The molecule has 0 N–H and O–H groups in total. The lowest BCUT2D eigenvalue weighted by atomic mass is 9.97. The highest BCUT2D eigenvalue weighted by Gasteiger charge is 2.23. The predicted octanol–water partition coefficient (Wildman–Crippen LogP) is 16.6. The minimum absolute atomic E-state index is 1.12. The molecule has 0 atom stereocenters. The monoisotopic (exact) mass is 770 g/mol. The number of para-hydroxylation sites is 2. The third kappa shape index (κ3) is 6.20. The van der Waals surface area contributed by atoms with Crippen LogP contribution in [0, 0.1) is 0 Å². The Bertz CT molecular complexity index is 3270. The largest absolute Gasteiger partial charge is 0.310 e. The van der Waals surface area contributed by atoms with Gasteiger partial charge in [0.15, 0.2) is 0 Å². The maximum absolute atomic E-state index is 2.45. The molecule has 3 heteroatoms. The van der Waals surface area contributed by atoms with Gasteiger partial charge < -0.3 is 9.80 Å². The van der Waals surface area contributed by atoms with Crippen molar-refractivity contribution < 1.29 is 0 Å². The van der Waals surface area contributed by atoms with Gasteiger partial charge in [-0.1, -0.05) is 170 Å². The third-order valence-electron chi connectivity index (χ3n) is 11.4. The average Bonchev–Trinajstić information content (AvgIpc) is 3.70. The van der Waals surface area contributed by atoms with Crippen molar-refractivity contribution in [1.29, 1.82) is 0 Å². The Labute approximate surface area is 348 Å². The van der Waals surface area contributed by atoms with E-state index in [1.54, 1.807) is 0 Å². The Kier molecular flexibility index (Phi) is 8.72. The van der Waals surface area contributed by atoms with Crippen molar-refractivity contribution in [2.24, 2.45) is 0 Å². The molecule has 2 nitrogen and oxygen atoms in total. The quantitative estimate of drug-likeness (QED) is 0.152. The summed E-state index contributed by atoms with van der Waals surface area (Å²) < 4.78 is 2.55. The van der Waals surface area contributed by atoms with Gasteiger partial charge in [-0.3, -0.25) is 0 Å². The van der Waals surface area contributed by atoms with Gasteiger partial charge in [-0.2, -0.15) is 0 Å². The molecule has 0 bridgehead atoms. The van der Waals surface area contributed by atoms with E-state index in [0.717, 1.165) is 34.1 Å². The highest BCUT2D eigenvalue weighted by Crippen LogP contribution is 2.51. The van der Waals surface area contributed by atoms with Crippen molar-refractivity contribution in [3.8, 4) is 22.3 Å². The van der Waals surface area contributed by atoms with Gasteiger partial charge in [0, 0.05) is 59.1 Å². The number of thiophene rings is 1. The number of nitrogens with zero attached hydrogens (tertiary/aromatic N) is 2. The van der Waals surface area contributed by atoms with Gasteiger partial charge in [-0.05, 0) is 88.3 Å². The molecule has 0 aliphatic heterocycles. The van der Waals surface area contributed by atoms with Crippen LogP contribution in [0.4, 0.5) is 34.1 Å². The van der Waals surface area contributed by atoms with Gasteiger partial charge in [-0.15, -0.1) is 11.3 Å². The number of fused-ring (bicyclic) bond motifs is 7. The fourth-order valence-corrected chi connectivity index (χ4v) is 9.99. The van der Waals surface area contributed by atoms with E-state index < -0.39 is 0 Å². The van der Waals surface area contributed by atoms with Gasteiger partial charge in [0.1, 0.15) is 0 Å². The zero-order chi connectivity index (χ0) is 39.1. The minimum atomic E-state index is 1.12. The first-order chi connectivity index (χ1) is 29.3. The van der Waals surface area contributed by atoms with Crippen molar-refractivity contribution in [3.05, 3.63) is 231 Å². The Morgan fingerprint density at radius 1 is 0.271 bits per heavy atom. The lowest BCUT2D eigenvalue weighted by Crippen LogP contribution is -2.10. The highest BCUT2D eigenvalue weighted by atomic mass is 32.1. The fourth-order valence-electron chi connectivity index (χ4n) is 8.71. The van der Waals surface area contributed by atoms with Gasteiger partial charge in [0.05, 0.1) is 11.4 Å². The lowest BCUT2D eigenvalue weighted by molar-refractivity contribution is 1.30. The summed E-state index contributed by atoms with van der Waals surface area (Å²) in [5.41, 5.74) is 11.6. The summed E-state index contributed by atoms with van der Waals surface area (Å²) >= 11 is 1.89. The molecule has 11 rings (SSSR count). The smallest absolute Gasteiger partial charge is 0.0554 e. The minimum Gasteiger partial charge on any atom is -0.310 e. The van der Waals surface area contributed by atoms with Crippen molar-refractivity contribution in [1.82, 2.24) is 0 Å². The van der Waals surface area contributed by atoms with Gasteiger partial charge in [-0.25, -0.2) is 0 Å². The maximum atomic E-state index is 2.45. The second-order valence-electron chi connectivity index (χ2n) is 14.9. The molecule has 0 aliphatic carbocycles. The standard InChI is InChI=1S/C56H38N2S/c1-5-19-39(20-6-1)41-23-17-29-45(35-41)57(43-25-9-3-10-26-43)52-37-51-55-49-33-15-13-31-47(49)53(38-54(55)59-56(51)50-34-16-14-32-48(50)52)58(44-27-11-4-12-28-44)46-30-18-24-42(36-46)40-21-7-2-8-22-40/h1-38H. The first-order valence-corrected chi connectivity index (χ1v) is 20.9. The Hall–Kier alpha value is -7.46.